The summed E-state index contributed by atoms with van der Waals surface area (Å²) < 4.78 is 13.2. The summed E-state index contributed by atoms with van der Waals surface area (Å²) in [7, 11) is 0. The molecule has 0 N–H and O–H groups in total. The normalized spacial score (nSPS) is 18.8. The number of aromatic nitrogens is 2. The largest absolute Gasteiger partial charge is 0.476 e. The second-order valence-electron chi connectivity index (χ2n) is 7.39. The summed E-state index contributed by atoms with van der Waals surface area (Å²) >= 11 is 0. The van der Waals surface area contributed by atoms with E-state index in [-0.39, 0.29) is 18.4 Å². The standard InChI is InChI=1S/C22H22N4O4/c1-15-23-20(17-7-4-5-9-25(15)17)22(28)26-14-19(21(27)24-10-12-29-13-11-24)30-18-8-3-2-6-16(18)26/h2-9,19H,10-14H2,1H3. The van der Waals surface area contributed by atoms with E-state index in [0.29, 0.717) is 43.4 Å². The first-order chi connectivity index (χ1) is 14.6. The van der Waals surface area contributed by atoms with Crippen LogP contribution in [0.1, 0.15) is 16.3 Å². The molecule has 30 heavy (non-hydrogen) atoms. The molecule has 2 aliphatic heterocycles. The van der Waals surface area contributed by atoms with Crippen LogP contribution in [0.3, 0.4) is 0 Å². The molecular weight excluding hydrogens is 384 g/mol. The molecule has 2 amide bonds. The molecule has 5 rings (SSSR count). The Balaban J connectivity index is 1.51. The second kappa shape index (κ2) is 7.46. The van der Waals surface area contributed by atoms with E-state index < -0.39 is 6.10 Å². The van der Waals surface area contributed by atoms with E-state index in [2.05, 4.69) is 4.98 Å². The number of carbonyl (C=O) groups is 2. The van der Waals surface area contributed by atoms with Gasteiger partial charge in [-0.2, -0.15) is 0 Å². The van der Waals surface area contributed by atoms with Crippen molar-refractivity contribution in [2.45, 2.75) is 13.0 Å². The van der Waals surface area contributed by atoms with Crippen LogP contribution in [-0.4, -0.2) is 65.1 Å². The van der Waals surface area contributed by atoms with Gasteiger partial charge in [0.1, 0.15) is 11.6 Å². The highest BCUT2D eigenvalue weighted by Gasteiger charge is 2.37. The van der Waals surface area contributed by atoms with Gasteiger partial charge in [0, 0.05) is 19.3 Å². The summed E-state index contributed by atoms with van der Waals surface area (Å²) in [5, 5.41) is 0. The van der Waals surface area contributed by atoms with Gasteiger partial charge in [0.2, 0.25) is 0 Å². The lowest BCUT2D eigenvalue weighted by Gasteiger charge is -2.37. The summed E-state index contributed by atoms with van der Waals surface area (Å²) in [6.07, 6.45) is 1.11. The Bertz CT molecular complexity index is 1120. The maximum Gasteiger partial charge on any atom is 0.279 e. The molecule has 1 fully saturated rings. The highest BCUT2D eigenvalue weighted by Crippen LogP contribution is 2.35. The number of pyridine rings is 1. The predicted octanol–water partition coefficient (Wildman–Crippen LogP) is 1.91. The van der Waals surface area contributed by atoms with Crippen molar-refractivity contribution in [2.75, 3.05) is 37.7 Å². The fraction of sp³-hybridized carbons (Fsp3) is 0.318. The molecule has 0 aliphatic carbocycles. The first kappa shape index (κ1) is 18.6. The number of hydrogen-bond acceptors (Lipinski definition) is 5. The molecule has 1 atom stereocenters. The number of nitrogens with zero attached hydrogens (tertiary/aromatic N) is 4. The molecule has 3 aromatic rings. The summed E-state index contributed by atoms with van der Waals surface area (Å²) in [4.78, 5) is 34.5. The molecule has 2 aliphatic rings. The fourth-order valence-electron chi connectivity index (χ4n) is 4.02. The lowest BCUT2D eigenvalue weighted by molar-refractivity contribution is -0.142. The van der Waals surface area contributed by atoms with Crippen LogP contribution in [0.25, 0.3) is 5.52 Å². The first-order valence-corrected chi connectivity index (χ1v) is 10.0. The molecule has 4 heterocycles. The van der Waals surface area contributed by atoms with Crippen LogP contribution in [0.4, 0.5) is 5.69 Å². The molecule has 2 aromatic heterocycles. The van der Waals surface area contributed by atoms with E-state index in [1.54, 1.807) is 15.9 Å². The third-order valence-corrected chi connectivity index (χ3v) is 5.54. The third kappa shape index (κ3) is 3.09. The molecule has 0 spiro atoms. The number of fused-ring (bicyclic) bond motifs is 2. The van der Waals surface area contributed by atoms with Crippen LogP contribution in [-0.2, 0) is 9.53 Å². The van der Waals surface area contributed by atoms with Gasteiger partial charge in [-0.3, -0.25) is 14.5 Å². The van der Waals surface area contributed by atoms with Gasteiger partial charge in [0.15, 0.2) is 11.8 Å². The van der Waals surface area contributed by atoms with Crippen molar-refractivity contribution in [2.24, 2.45) is 0 Å². The minimum atomic E-state index is -0.767. The molecular formula is C22H22N4O4. The average Bonchev–Trinajstić information content (AvgIpc) is 3.14. The number of morpholine rings is 1. The number of rotatable bonds is 2. The molecule has 8 heteroatoms. The van der Waals surface area contributed by atoms with Crippen molar-refractivity contribution in [1.82, 2.24) is 14.3 Å². The SMILES string of the molecule is Cc1nc(C(=O)N2CC(C(=O)N3CCOCC3)Oc3ccccc32)c2ccccn12. The van der Waals surface area contributed by atoms with Crippen LogP contribution < -0.4 is 9.64 Å². The smallest absolute Gasteiger partial charge is 0.279 e. The molecule has 8 nitrogen and oxygen atoms in total. The number of benzene rings is 1. The Labute approximate surface area is 173 Å². The van der Waals surface area contributed by atoms with Crippen LogP contribution in [0.15, 0.2) is 48.7 Å². The molecule has 1 unspecified atom stereocenters. The molecule has 154 valence electrons. The molecule has 1 saturated heterocycles. The van der Waals surface area contributed by atoms with E-state index in [9.17, 15) is 9.59 Å². The van der Waals surface area contributed by atoms with Gasteiger partial charge in [0.25, 0.3) is 11.8 Å². The van der Waals surface area contributed by atoms with Gasteiger partial charge < -0.3 is 18.8 Å². The Kier molecular flexibility index (Phi) is 4.63. The van der Waals surface area contributed by atoms with Crippen molar-refractivity contribution in [3.8, 4) is 5.75 Å². The third-order valence-electron chi connectivity index (χ3n) is 5.54. The predicted molar refractivity (Wildman–Crippen MR) is 110 cm³/mol. The Morgan fingerprint density at radius 3 is 2.67 bits per heavy atom. The van der Waals surface area contributed by atoms with Crippen LogP contribution in [0.5, 0.6) is 5.75 Å². The lowest BCUT2D eigenvalue weighted by atomic mass is 10.1. The second-order valence-corrected chi connectivity index (χ2v) is 7.39. The van der Waals surface area contributed by atoms with Crippen molar-refractivity contribution in [3.63, 3.8) is 0 Å². The van der Waals surface area contributed by atoms with E-state index in [1.165, 1.54) is 0 Å². The summed E-state index contributed by atoms with van der Waals surface area (Å²) in [6, 6.07) is 12.9. The Hall–Kier alpha value is -3.39. The lowest BCUT2D eigenvalue weighted by Crippen LogP contribution is -2.54. The minimum Gasteiger partial charge on any atom is -0.476 e. The van der Waals surface area contributed by atoms with Gasteiger partial charge in [0.05, 0.1) is 31.0 Å². The monoisotopic (exact) mass is 406 g/mol. The highest BCUT2D eigenvalue weighted by atomic mass is 16.5. The molecule has 0 saturated carbocycles. The number of aryl methyl sites for hydroxylation is 1. The maximum absolute atomic E-state index is 13.6. The van der Waals surface area contributed by atoms with E-state index >= 15 is 0 Å². The number of hydrogen-bond donors (Lipinski definition) is 0. The number of ether oxygens (including phenoxy) is 2. The number of amides is 2. The van der Waals surface area contributed by atoms with Crippen molar-refractivity contribution in [1.29, 1.82) is 0 Å². The number of anilines is 1. The van der Waals surface area contributed by atoms with Gasteiger partial charge in [-0.1, -0.05) is 18.2 Å². The average molecular weight is 406 g/mol. The number of para-hydroxylation sites is 2. The van der Waals surface area contributed by atoms with Gasteiger partial charge in [-0.05, 0) is 31.2 Å². The zero-order valence-electron chi connectivity index (χ0n) is 16.7. The molecule has 0 bridgehead atoms. The van der Waals surface area contributed by atoms with Crippen LogP contribution in [0.2, 0.25) is 0 Å². The summed E-state index contributed by atoms with van der Waals surface area (Å²) in [6.45, 7) is 4.08. The zero-order chi connectivity index (χ0) is 20.7. The van der Waals surface area contributed by atoms with E-state index in [0.717, 1.165) is 11.3 Å². The molecule has 0 radical (unpaired) electrons. The minimum absolute atomic E-state index is 0.128. The topological polar surface area (TPSA) is 76.4 Å². The number of imidazole rings is 1. The maximum atomic E-state index is 13.6. The van der Waals surface area contributed by atoms with E-state index in [4.69, 9.17) is 9.47 Å². The van der Waals surface area contributed by atoms with Crippen molar-refractivity contribution < 1.29 is 19.1 Å². The van der Waals surface area contributed by atoms with Crippen LogP contribution in [0, 0.1) is 6.92 Å². The van der Waals surface area contributed by atoms with E-state index in [1.807, 2.05) is 53.9 Å². The van der Waals surface area contributed by atoms with Gasteiger partial charge >= 0.3 is 0 Å². The summed E-state index contributed by atoms with van der Waals surface area (Å²) in [5.74, 6) is 0.874. The van der Waals surface area contributed by atoms with Crippen molar-refractivity contribution in [3.05, 3.63) is 60.2 Å². The van der Waals surface area contributed by atoms with Gasteiger partial charge in [-0.25, -0.2) is 4.98 Å². The Morgan fingerprint density at radius 1 is 1.07 bits per heavy atom. The quantitative estimate of drug-likeness (QED) is 0.650. The van der Waals surface area contributed by atoms with Crippen molar-refractivity contribution >= 4 is 23.0 Å². The highest BCUT2D eigenvalue weighted by molar-refractivity contribution is 6.10. The van der Waals surface area contributed by atoms with Crippen LogP contribution >= 0.6 is 0 Å². The number of carbonyl (C=O) groups excluding carboxylic acids is 2. The first-order valence-electron chi connectivity index (χ1n) is 10.0. The summed E-state index contributed by atoms with van der Waals surface area (Å²) in [5.41, 5.74) is 1.74. The zero-order valence-corrected chi connectivity index (χ0v) is 16.7. The van der Waals surface area contributed by atoms with Gasteiger partial charge in [-0.15, -0.1) is 0 Å². The Morgan fingerprint density at radius 2 is 1.83 bits per heavy atom. The fourth-order valence-corrected chi connectivity index (χ4v) is 4.02. The molecule has 1 aromatic carbocycles.